The van der Waals surface area contributed by atoms with Crippen molar-refractivity contribution in [3.63, 3.8) is 0 Å². The van der Waals surface area contributed by atoms with Crippen molar-refractivity contribution in [3.05, 3.63) is 82.3 Å². The summed E-state index contributed by atoms with van der Waals surface area (Å²) < 4.78 is 60.2. The number of amides is 1. The molecule has 1 aliphatic heterocycles. The molecule has 0 saturated carbocycles. The van der Waals surface area contributed by atoms with E-state index in [1.54, 1.807) is 18.2 Å². The summed E-state index contributed by atoms with van der Waals surface area (Å²) in [4.78, 5) is 12.6. The van der Waals surface area contributed by atoms with Crippen LogP contribution in [0.1, 0.15) is 10.4 Å². The van der Waals surface area contributed by atoms with Gasteiger partial charge in [-0.2, -0.15) is 4.31 Å². The lowest BCUT2D eigenvalue weighted by Gasteiger charge is -2.26. The van der Waals surface area contributed by atoms with Crippen LogP contribution in [0.5, 0.6) is 0 Å². The Hall–Kier alpha value is -2.67. The average molecular weight is 570 g/mol. The minimum Gasteiger partial charge on any atom is -0.379 e. The van der Waals surface area contributed by atoms with Crippen LogP contribution in [0.2, 0.25) is 10.0 Å². The smallest absolute Gasteiger partial charge is 0.261 e. The summed E-state index contributed by atoms with van der Waals surface area (Å²) in [5.41, 5.74) is 0.699. The van der Waals surface area contributed by atoms with Crippen molar-refractivity contribution in [2.45, 2.75) is 9.79 Å². The average Bonchev–Trinajstić information content (AvgIpc) is 2.85. The maximum Gasteiger partial charge on any atom is 0.261 e. The predicted octanol–water partition coefficient (Wildman–Crippen LogP) is 4.07. The number of rotatable bonds is 7. The van der Waals surface area contributed by atoms with Gasteiger partial charge in [0.15, 0.2) is 0 Å². The van der Waals surface area contributed by atoms with E-state index in [1.807, 2.05) is 0 Å². The first-order chi connectivity index (χ1) is 17.1. The number of carbonyl (C=O) groups excluding carboxylic acids is 1. The van der Waals surface area contributed by atoms with E-state index in [2.05, 4.69) is 10.0 Å². The summed E-state index contributed by atoms with van der Waals surface area (Å²) in [5.74, 6) is -0.585. The van der Waals surface area contributed by atoms with Crippen molar-refractivity contribution in [3.8, 4) is 0 Å². The molecule has 1 aliphatic rings. The topological polar surface area (TPSA) is 122 Å². The number of benzene rings is 3. The zero-order chi connectivity index (χ0) is 25.9. The number of ether oxygens (including phenoxy) is 1. The lowest BCUT2D eigenvalue weighted by molar-refractivity contribution is 0.0730. The third-order valence-electron chi connectivity index (χ3n) is 5.28. The van der Waals surface area contributed by atoms with E-state index in [9.17, 15) is 21.6 Å². The maximum atomic E-state index is 13.0. The second-order valence-electron chi connectivity index (χ2n) is 7.76. The first kappa shape index (κ1) is 26.4. The number of morpholine rings is 1. The van der Waals surface area contributed by atoms with Gasteiger partial charge in [-0.1, -0.05) is 29.3 Å². The summed E-state index contributed by atoms with van der Waals surface area (Å²) in [6, 6.07) is 15.8. The Morgan fingerprint density at radius 2 is 1.56 bits per heavy atom. The predicted molar refractivity (Wildman–Crippen MR) is 138 cm³/mol. The first-order valence-corrected chi connectivity index (χ1v) is 14.3. The SMILES string of the molecule is O=C(Nc1ccc(S(=O)(=O)Nc2cccc(Cl)c2)cc1)c1ccc(Cl)c(S(=O)(=O)N2CCOCC2)c1. The van der Waals surface area contributed by atoms with Gasteiger partial charge in [0.2, 0.25) is 10.0 Å². The maximum absolute atomic E-state index is 13.0. The van der Waals surface area contributed by atoms with E-state index in [1.165, 1.54) is 52.8 Å². The fourth-order valence-electron chi connectivity index (χ4n) is 3.46. The number of nitrogens with zero attached hydrogens (tertiary/aromatic N) is 1. The summed E-state index contributed by atoms with van der Waals surface area (Å²) in [6.45, 7) is 0.932. The quantitative estimate of drug-likeness (QED) is 0.442. The normalized spacial score (nSPS) is 14.8. The second-order valence-corrected chi connectivity index (χ2v) is 12.2. The van der Waals surface area contributed by atoms with Crippen LogP contribution in [-0.4, -0.2) is 53.4 Å². The minimum atomic E-state index is -3.91. The van der Waals surface area contributed by atoms with Gasteiger partial charge in [-0.3, -0.25) is 9.52 Å². The number of anilines is 2. The molecule has 0 spiro atoms. The van der Waals surface area contributed by atoms with Crippen molar-refractivity contribution >= 4 is 60.5 Å². The molecule has 13 heteroatoms. The van der Waals surface area contributed by atoms with Gasteiger partial charge in [0.25, 0.3) is 15.9 Å². The van der Waals surface area contributed by atoms with Crippen LogP contribution in [-0.2, 0) is 24.8 Å². The third kappa shape index (κ3) is 6.00. The van der Waals surface area contributed by atoms with Crippen molar-refractivity contribution in [1.29, 1.82) is 0 Å². The minimum absolute atomic E-state index is 0.000181. The lowest BCUT2D eigenvalue weighted by Crippen LogP contribution is -2.40. The molecule has 4 rings (SSSR count). The van der Waals surface area contributed by atoms with Gasteiger partial charge in [0.05, 0.1) is 28.8 Å². The molecule has 190 valence electrons. The monoisotopic (exact) mass is 569 g/mol. The van der Waals surface area contributed by atoms with Crippen LogP contribution < -0.4 is 10.0 Å². The van der Waals surface area contributed by atoms with Crippen LogP contribution in [0.15, 0.2) is 76.5 Å². The zero-order valence-corrected chi connectivity index (χ0v) is 21.8. The highest BCUT2D eigenvalue weighted by Crippen LogP contribution is 2.27. The molecule has 0 atom stereocenters. The molecule has 0 aliphatic carbocycles. The lowest BCUT2D eigenvalue weighted by atomic mass is 10.2. The summed E-state index contributed by atoms with van der Waals surface area (Å²) in [7, 11) is -7.79. The van der Waals surface area contributed by atoms with Crippen molar-refractivity contribution < 1.29 is 26.4 Å². The van der Waals surface area contributed by atoms with Crippen molar-refractivity contribution in [2.75, 3.05) is 36.3 Å². The summed E-state index contributed by atoms with van der Waals surface area (Å²) >= 11 is 12.1. The van der Waals surface area contributed by atoms with Gasteiger partial charge >= 0.3 is 0 Å². The Balaban J connectivity index is 1.49. The molecule has 2 N–H and O–H groups in total. The van der Waals surface area contributed by atoms with Crippen LogP contribution in [0.4, 0.5) is 11.4 Å². The van der Waals surface area contributed by atoms with Crippen LogP contribution in [0.3, 0.4) is 0 Å². The van der Waals surface area contributed by atoms with Gasteiger partial charge in [-0.25, -0.2) is 16.8 Å². The van der Waals surface area contributed by atoms with E-state index in [4.69, 9.17) is 27.9 Å². The van der Waals surface area contributed by atoms with Crippen molar-refractivity contribution in [1.82, 2.24) is 4.31 Å². The number of nitrogens with one attached hydrogen (secondary N) is 2. The van der Waals surface area contributed by atoms with E-state index in [0.717, 1.165) is 0 Å². The van der Waals surface area contributed by atoms with Crippen LogP contribution in [0.25, 0.3) is 0 Å². The van der Waals surface area contributed by atoms with Gasteiger partial charge in [-0.05, 0) is 60.7 Å². The fraction of sp³-hybridized carbons (Fsp3) is 0.174. The standard InChI is InChI=1S/C23H21Cl2N3O6S2/c24-17-2-1-3-19(15-17)27-35(30,31)20-7-5-18(6-8-20)26-23(29)16-4-9-21(25)22(14-16)36(32,33)28-10-12-34-13-11-28/h1-9,14-15,27H,10-13H2,(H,26,29). The zero-order valence-electron chi connectivity index (χ0n) is 18.6. The molecule has 1 saturated heterocycles. The molecule has 9 nitrogen and oxygen atoms in total. The number of carbonyl (C=O) groups is 1. The van der Waals surface area contributed by atoms with Crippen LogP contribution in [0, 0.1) is 0 Å². The Kier molecular flexibility index (Phi) is 7.88. The highest BCUT2D eigenvalue weighted by atomic mass is 35.5. The highest BCUT2D eigenvalue weighted by molar-refractivity contribution is 7.92. The molecule has 1 fully saturated rings. The number of hydrogen-bond donors (Lipinski definition) is 2. The first-order valence-electron chi connectivity index (χ1n) is 10.6. The number of halogens is 2. The van der Waals surface area contributed by atoms with E-state index >= 15 is 0 Å². The molecular weight excluding hydrogens is 549 g/mol. The van der Waals surface area contributed by atoms with Crippen LogP contribution >= 0.6 is 23.2 Å². The van der Waals surface area contributed by atoms with Crippen molar-refractivity contribution in [2.24, 2.45) is 0 Å². The Morgan fingerprint density at radius 1 is 0.861 bits per heavy atom. The third-order valence-corrected chi connectivity index (χ3v) is 9.29. The Bertz CT molecular complexity index is 1490. The van der Waals surface area contributed by atoms with Gasteiger partial charge in [-0.15, -0.1) is 0 Å². The van der Waals surface area contributed by atoms with Gasteiger partial charge in [0, 0.05) is 29.4 Å². The molecule has 0 unspecified atom stereocenters. The van der Waals surface area contributed by atoms with Gasteiger partial charge in [0.1, 0.15) is 4.90 Å². The number of sulfonamides is 2. The molecule has 0 aromatic heterocycles. The molecule has 3 aromatic carbocycles. The Labute approximate surface area is 219 Å². The molecular formula is C23H21Cl2N3O6S2. The van der Waals surface area contributed by atoms with E-state index in [-0.39, 0.29) is 46.7 Å². The second kappa shape index (κ2) is 10.8. The molecule has 1 heterocycles. The highest BCUT2D eigenvalue weighted by Gasteiger charge is 2.29. The summed E-state index contributed by atoms with van der Waals surface area (Å²) in [5, 5.41) is 3.01. The Morgan fingerprint density at radius 3 is 2.22 bits per heavy atom. The largest absolute Gasteiger partial charge is 0.379 e. The van der Waals surface area contributed by atoms with E-state index < -0.39 is 26.0 Å². The van der Waals surface area contributed by atoms with Gasteiger partial charge < -0.3 is 10.1 Å². The molecule has 3 aromatic rings. The van der Waals surface area contributed by atoms with E-state index in [0.29, 0.717) is 16.4 Å². The molecule has 1 amide bonds. The molecule has 36 heavy (non-hydrogen) atoms. The molecule has 0 radical (unpaired) electrons. The molecule has 0 bridgehead atoms. The summed E-state index contributed by atoms with van der Waals surface area (Å²) in [6.07, 6.45) is 0. The number of hydrogen-bond acceptors (Lipinski definition) is 6. The fourth-order valence-corrected chi connectivity index (χ4v) is 6.60.